The largest absolute Gasteiger partial charge is 0.451 e. The van der Waals surface area contributed by atoms with Gasteiger partial charge in [0, 0.05) is 10.9 Å². The molecule has 9 nitrogen and oxygen atoms in total. The number of carbonyl (C=O) groups is 2. The molecular weight excluding hydrogens is 452 g/mol. The number of aryl methyl sites for hydroxylation is 1. The van der Waals surface area contributed by atoms with Crippen LogP contribution in [0, 0.1) is 10.1 Å². The van der Waals surface area contributed by atoms with E-state index >= 15 is 0 Å². The number of benzene rings is 1. The summed E-state index contributed by atoms with van der Waals surface area (Å²) in [6, 6.07) is 8.96. The lowest BCUT2D eigenvalue weighted by Crippen LogP contribution is -2.34. The molecule has 0 saturated carbocycles. The van der Waals surface area contributed by atoms with Gasteiger partial charge in [0.1, 0.15) is 10.8 Å². The Morgan fingerprint density at radius 3 is 2.66 bits per heavy atom. The molecule has 2 heterocycles. The smallest absolute Gasteiger partial charge is 0.293 e. The van der Waals surface area contributed by atoms with Crippen LogP contribution < -0.4 is 16.4 Å². The van der Waals surface area contributed by atoms with Gasteiger partial charge in [0.05, 0.1) is 16.1 Å². The van der Waals surface area contributed by atoms with Gasteiger partial charge in [0.2, 0.25) is 0 Å². The highest BCUT2D eigenvalue weighted by molar-refractivity contribution is 7.80. The average Bonchev–Trinajstić information content (AvgIpc) is 3.38. The molecule has 1 aromatic carbocycles. The summed E-state index contributed by atoms with van der Waals surface area (Å²) in [5.41, 5.74) is 7.07. The number of para-hydroxylation sites is 1. The first-order chi connectivity index (χ1) is 15.3. The van der Waals surface area contributed by atoms with Crippen LogP contribution in [0.25, 0.3) is 11.3 Å². The molecule has 0 spiro atoms. The monoisotopic (exact) mass is 470 g/mol. The Bertz CT molecular complexity index is 1250. The van der Waals surface area contributed by atoms with Gasteiger partial charge in [-0.1, -0.05) is 12.1 Å². The number of hydrogen-bond donors (Lipinski definition) is 3. The predicted octanol–water partition coefficient (Wildman–Crippen LogP) is 4.02. The lowest BCUT2D eigenvalue weighted by molar-refractivity contribution is -0.384. The molecule has 0 aliphatic heterocycles. The van der Waals surface area contributed by atoms with Crippen LogP contribution in [-0.4, -0.2) is 21.9 Å². The van der Waals surface area contributed by atoms with Gasteiger partial charge >= 0.3 is 0 Å². The van der Waals surface area contributed by atoms with Crippen LogP contribution in [0.1, 0.15) is 44.2 Å². The van der Waals surface area contributed by atoms with E-state index in [1.165, 1.54) is 35.6 Å². The number of hydrogen-bond acceptors (Lipinski definition) is 7. The fraction of sp³-hybridized carbons (Fsp3) is 0.190. The van der Waals surface area contributed by atoms with Gasteiger partial charge < -0.3 is 15.5 Å². The molecule has 3 aromatic rings. The summed E-state index contributed by atoms with van der Waals surface area (Å²) in [5, 5.41) is 17.1. The molecule has 32 heavy (non-hydrogen) atoms. The number of furan rings is 1. The van der Waals surface area contributed by atoms with Crippen LogP contribution in [0.3, 0.4) is 0 Å². The van der Waals surface area contributed by atoms with Crippen molar-refractivity contribution in [2.45, 2.75) is 25.7 Å². The van der Waals surface area contributed by atoms with E-state index in [9.17, 15) is 19.7 Å². The zero-order valence-electron chi connectivity index (χ0n) is 16.7. The summed E-state index contributed by atoms with van der Waals surface area (Å²) < 4.78 is 5.53. The Morgan fingerprint density at radius 1 is 1.16 bits per heavy atom. The second kappa shape index (κ2) is 8.89. The first kappa shape index (κ1) is 21.7. The zero-order chi connectivity index (χ0) is 22.8. The number of primary amides is 1. The van der Waals surface area contributed by atoms with Crippen molar-refractivity contribution in [1.29, 1.82) is 0 Å². The van der Waals surface area contributed by atoms with Crippen molar-refractivity contribution in [1.82, 2.24) is 5.32 Å². The fourth-order valence-electron chi connectivity index (χ4n) is 3.66. The topological polar surface area (TPSA) is 140 Å². The van der Waals surface area contributed by atoms with Crippen molar-refractivity contribution >= 4 is 51.2 Å². The molecule has 2 aromatic heterocycles. The van der Waals surface area contributed by atoms with Gasteiger partial charge in [-0.2, -0.15) is 0 Å². The summed E-state index contributed by atoms with van der Waals surface area (Å²) in [6.45, 7) is 0. The Balaban J connectivity index is 1.49. The number of thiocarbonyl (C=S) groups is 1. The quantitative estimate of drug-likeness (QED) is 0.290. The molecule has 0 unspecified atom stereocenters. The van der Waals surface area contributed by atoms with E-state index in [0.717, 1.165) is 36.1 Å². The van der Waals surface area contributed by atoms with Crippen molar-refractivity contribution in [2.24, 2.45) is 5.73 Å². The highest BCUT2D eigenvalue weighted by Gasteiger charge is 2.25. The van der Waals surface area contributed by atoms with Crippen molar-refractivity contribution < 1.29 is 18.9 Å². The highest BCUT2D eigenvalue weighted by Crippen LogP contribution is 2.38. The number of nitrogens with one attached hydrogen (secondary N) is 2. The zero-order valence-corrected chi connectivity index (χ0v) is 18.3. The number of thiophene rings is 1. The minimum Gasteiger partial charge on any atom is -0.451 e. The molecule has 0 bridgehead atoms. The molecule has 1 aliphatic carbocycles. The molecule has 4 N–H and O–H groups in total. The predicted molar refractivity (Wildman–Crippen MR) is 124 cm³/mol. The van der Waals surface area contributed by atoms with Crippen molar-refractivity contribution in [3.8, 4) is 11.3 Å². The molecule has 0 fully saturated rings. The normalized spacial score (nSPS) is 12.6. The molecule has 164 valence electrons. The van der Waals surface area contributed by atoms with E-state index in [-0.39, 0.29) is 27.9 Å². The highest BCUT2D eigenvalue weighted by atomic mass is 32.1. The van der Waals surface area contributed by atoms with E-state index in [0.29, 0.717) is 10.6 Å². The SMILES string of the molecule is NC(=O)c1c(NC(=S)NC(=O)c2ccc(-c3ccccc3[N+](=O)[O-])o2)sc2c1CCCC2. The van der Waals surface area contributed by atoms with Crippen LogP contribution >= 0.6 is 23.6 Å². The fourth-order valence-corrected chi connectivity index (χ4v) is 5.22. The van der Waals surface area contributed by atoms with Crippen LogP contribution in [-0.2, 0) is 12.8 Å². The third-order valence-electron chi connectivity index (χ3n) is 5.07. The second-order valence-electron chi connectivity index (χ2n) is 7.13. The number of nitro groups is 1. The lowest BCUT2D eigenvalue weighted by Gasteiger charge is -2.11. The van der Waals surface area contributed by atoms with Crippen molar-refractivity contribution in [3.63, 3.8) is 0 Å². The van der Waals surface area contributed by atoms with E-state index in [1.54, 1.807) is 12.1 Å². The molecule has 4 rings (SSSR count). The second-order valence-corrected chi connectivity index (χ2v) is 8.64. The minimum absolute atomic E-state index is 0.0141. The lowest BCUT2D eigenvalue weighted by atomic mass is 9.95. The molecular formula is C21H18N4O5S2. The van der Waals surface area contributed by atoms with Gasteiger partial charge in [-0.25, -0.2) is 0 Å². The van der Waals surface area contributed by atoms with Crippen molar-refractivity contribution in [3.05, 3.63) is 68.3 Å². The Kier molecular flexibility index (Phi) is 6.01. The molecule has 0 saturated heterocycles. The Labute approximate surface area is 191 Å². The maximum absolute atomic E-state index is 12.6. The maximum Gasteiger partial charge on any atom is 0.293 e. The molecule has 11 heteroatoms. The first-order valence-corrected chi connectivity index (χ1v) is 11.0. The van der Waals surface area contributed by atoms with E-state index < -0.39 is 16.7 Å². The van der Waals surface area contributed by atoms with Crippen LogP contribution in [0.5, 0.6) is 0 Å². The van der Waals surface area contributed by atoms with Crippen LogP contribution in [0.4, 0.5) is 10.7 Å². The number of anilines is 1. The average molecular weight is 471 g/mol. The molecule has 0 atom stereocenters. The summed E-state index contributed by atoms with van der Waals surface area (Å²) in [4.78, 5) is 36.4. The summed E-state index contributed by atoms with van der Waals surface area (Å²) >= 11 is 6.64. The standard InChI is InChI=1S/C21H18N4O5S2/c22-18(26)17-12-6-2-4-8-16(12)32-20(17)24-21(31)23-19(27)15-10-9-14(30-15)11-5-1-3-7-13(11)25(28)29/h1,3,5,7,9-10H,2,4,6,8H2,(H2,22,26)(H2,23,24,27,31). The number of carbonyl (C=O) groups excluding carboxylic acids is 2. The number of amides is 2. The molecule has 2 amide bonds. The van der Waals surface area contributed by atoms with E-state index in [1.807, 2.05) is 0 Å². The van der Waals surface area contributed by atoms with Crippen LogP contribution in [0.15, 0.2) is 40.8 Å². The Morgan fingerprint density at radius 2 is 1.91 bits per heavy atom. The van der Waals surface area contributed by atoms with Gasteiger partial charge in [-0.3, -0.25) is 25.0 Å². The first-order valence-electron chi connectivity index (χ1n) is 9.75. The Hall–Kier alpha value is -3.57. The van der Waals surface area contributed by atoms with Gasteiger partial charge in [0.25, 0.3) is 17.5 Å². The number of nitrogens with zero attached hydrogens (tertiary/aromatic N) is 1. The number of rotatable bonds is 5. The van der Waals surface area contributed by atoms with Gasteiger partial charge in [-0.05, 0) is 61.7 Å². The third kappa shape index (κ3) is 4.25. The third-order valence-corrected chi connectivity index (χ3v) is 6.48. The minimum atomic E-state index is -0.630. The van der Waals surface area contributed by atoms with E-state index in [4.69, 9.17) is 22.4 Å². The maximum atomic E-state index is 12.6. The summed E-state index contributed by atoms with van der Waals surface area (Å²) in [6.07, 6.45) is 3.70. The van der Waals surface area contributed by atoms with Crippen LogP contribution in [0.2, 0.25) is 0 Å². The summed E-state index contributed by atoms with van der Waals surface area (Å²) in [7, 11) is 0. The van der Waals surface area contributed by atoms with Crippen molar-refractivity contribution in [2.75, 3.05) is 5.32 Å². The molecule has 0 radical (unpaired) electrons. The van der Waals surface area contributed by atoms with Gasteiger partial charge in [0.15, 0.2) is 10.9 Å². The molecule has 1 aliphatic rings. The summed E-state index contributed by atoms with van der Waals surface area (Å²) in [5.74, 6) is -1.05. The number of fused-ring (bicyclic) bond motifs is 1. The number of nitro benzene ring substituents is 1. The van der Waals surface area contributed by atoms with E-state index in [2.05, 4.69) is 10.6 Å². The number of nitrogens with two attached hydrogens (primary N) is 1. The van der Waals surface area contributed by atoms with Gasteiger partial charge in [-0.15, -0.1) is 11.3 Å².